The Labute approximate surface area is 122 Å². The molecular weight excluding hydrogens is 312 g/mol. The topological polar surface area (TPSA) is 65.5 Å². The smallest absolute Gasteiger partial charge is 0.102 e. The van der Waals surface area contributed by atoms with E-state index in [4.69, 9.17) is 15.2 Å². The molecule has 1 saturated heterocycles. The van der Waals surface area contributed by atoms with Crippen molar-refractivity contribution in [3.05, 3.63) is 16.4 Å². The summed E-state index contributed by atoms with van der Waals surface area (Å²) in [6.07, 6.45) is 1.68. The fraction of sp³-hybridized carbons (Fsp3) is 0.750. The quantitative estimate of drug-likeness (QED) is 0.856. The molecule has 0 saturated carbocycles. The largest absolute Gasteiger partial charge is 0.376 e. The van der Waals surface area contributed by atoms with E-state index in [-0.39, 0.29) is 12.1 Å². The lowest BCUT2D eigenvalue weighted by atomic mass is 10.1. The minimum Gasteiger partial charge on any atom is -0.376 e. The average Bonchev–Trinajstić information content (AvgIpc) is 2.78. The van der Waals surface area contributed by atoms with Crippen LogP contribution in [0.2, 0.25) is 0 Å². The molecule has 0 spiro atoms. The zero-order valence-corrected chi connectivity index (χ0v) is 13.0. The lowest BCUT2D eigenvalue weighted by molar-refractivity contribution is -0.0984. The average molecular weight is 333 g/mol. The Morgan fingerprint density at radius 1 is 1.58 bits per heavy atom. The van der Waals surface area contributed by atoms with Gasteiger partial charge in [-0.05, 0) is 30.0 Å². The van der Waals surface area contributed by atoms with Gasteiger partial charge in [0.2, 0.25) is 0 Å². The van der Waals surface area contributed by atoms with Crippen molar-refractivity contribution in [2.45, 2.75) is 18.7 Å². The molecule has 1 aromatic rings. The summed E-state index contributed by atoms with van der Waals surface area (Å²) in [7, 11) is 4.08. The van der Waals surface area contributed by atoms with Crippen molar-refractivity contribution < 1.29 is 9.47 Å². The van der Waals surface area contributed by atoms with Crippen LogP contribution in [0.4, 0.5) is 0 Å². The van der Waals surface area contributed by atoms with Gasteiger partial charge in [-0.3, -0.25) is 4.68 Å². The number of likely N-dealkylation sites (N-methyl/N-ethyl adjacent to an activating group) is 1. The van der Waals surface area contributed by atoms with Crippen molar-refractivity contribution in [2.75, 3.05) is 40.5 Å². The van der Waals surface area contributed by atoms with Crippen LogP contribution in [-0.2, 0) is 16.0 Å². The van der Waals surface area contributed by atoms with Gasteiger partial charge in [0.05, 0.1) is 48.8 Å². The van der Waals surface area contributed by atoms with Crippen molar-refractivity contribution >= 4 is 15.9 Å². The van der Waals surface area contributed by atoms with Gasteiger partial charge in [-0.1, -0.05) is 0 Å². The Morgan fingerprint density at radius 3 is 3.00 bits per heavy atom. The molecule has 1 aliphatic heterocycles. The first-order valence-corrected chi connectivity index (χ1v) is 7.19. The van der Waals surface area contributed by atoms with E-state index < -0.39 is 0 Å². The third-order valence-corrected chi connectivity index (χ3v) is 3.76. The van der Waals surface area contributed by atoms with Gasteiger partial charge in [0.15, 0.2) is 0 Å². The summed E-state index contributed by atoms with van der Waals surface area (Å²) in [6, 6.07) is -0.237. The fourth-order valence-corrected chi connectivity index (χ4v) is 2.63. The summed E-state index contributed by atoms with van der Waals surface area (Å²) >= 11 is 3.52. The molecule has 1 aromatic heterocycles. The minimum absolute atomic E-state index is 0.111. The monoisotopic (exact) mass is 332 g/mol. The fourth-order valence-electron chi connectivity index (χ4n) is 2.07. The molecule has 7 heteroatoms. The molecule has 2 heterocycles. The molecule has 6 nitrogen and oxygen atoms in total. The summed E-state index contributed by atoms with van der Waals surface area (Å²) in [4.78, 5) is 2.12. The molecule has 0 bridgehead atoms. The maximum atomic E-state index is 6.31. The summed E-state index contributed by atoms with van der Waals surface area (Å²) in [6.45, 7) is 3.49. The van der Waals surface area contributed by atoms with Crippen LogP contribution in [-0.4, -0.2) is 61.2 Å². The second-order valence-corrected chi connectivity index (χ2v) is 5.77. The van der Waals surface area contributed by atoms with Gasteiger partial charge >= 0.3 is 0 Å². The van der Waals surface area contributed by atoms with Gasteiger partial charge in [0.25, 0.3) is 0 Å². The molecule has 19 heavy (non-hydrogen) atoms. The second-order valence-electron chi connectivity index (χ2n) is 4.91. The first kappa shape index (κ1) is 14.9. The van der Waals surface area contributed by atoms with E-state index in [1.54, 1.807) is 6.20 Å². The van der Waals surface area contributed by atoms with Crippen LogP contribution in [0.3, 0.4) is 0 Å². The van der Waals surface area contributed by atoms with Gasteiger partial charge in [0, 0.05) is 6.54 Å². The zero-order valence-electron chi connectivity index (χ0n) is 11.4. The van der Waals surface area contributed by atoms with E-state index in [9.17, 15) is 0 Å². The predicted molar refractivity (Wildman–Crippen MR) is 76.0 cm³/mol. The number of halogens is 1. The van der Waals surface area contributed by atoms with Gasteiger partial charge in [-0.2, -0.15) is 5.10 Å². The lowest BCUT2D eigenvalue weighted by Crippen LogP contribution is -2.39. The Kier molecular flexibility index (Phi) is 5.35. The van der Waals surface area contributed by atoms with Crippen LogP contribution in [0.5, 0.6) is 0 Å². The van der Waals surface area contributed by atoms with Crippen LogP contribution >= 0.6 is 15.9 Å². The third kappa shape index (κ3) is 3.76. The van der Waals surface area contributed by atoms with Crippen molar-refractivity contribution in [1.29, 1.82) is 0 Å². The standard InChI is InChI=1S/C12H21BrN4O2/c1-16(2)3-4-17-12(9(13)7-15-17)11(14)10-8-18-5-6-19-10/h7,10-11H,3-6,8,14H2,1-2H3. The molecule has 2 N–H and O–H groups in total. The minimum atomic E-state index is -0.237. The van der Waals surface area contributed by atoms with E-state index in [2.05, 4.69) is 25.9 Å². The SMILES string of the molecule is CN(C)CCn1ncc(Br)c1C(N)C1COCCO1. The highest BCUT2D eigenvalue weighted by molar-refractivity contribution is 9.10. The number of ether oxygens (including phenoxy) is 2. The number of nitrogens with two attached hydrogens (primary N) is 1. The first-order valence-electron chi connectivity index (χ1n) is 6.40. The molecule has 2 unspecified atom stereocenters. The molecule has 2 atom stereocenters. The number of hydrogen-bond donors (Lipinski definition) is 1. The van der Waals surface area contributed by atoms with Crippen molar-refractivity contribution in [3.63, 3.8) is 0 Å². The first-order chi connectivity index (χ1) is 9.09. The van der Waals surface area contributed by atoms with Crippen LogP contribution in [0.15, 0.2) is 10.7 Å². The number of aromatic nitrogens is 2. The molecular formula is C12H21BrN4O2. The summed E-state index contributed by atoms with van der Waals surface area (Å²) in [5, 5.41) is 4.37. The van der Waals surface area contributed by atoms with E-state index in [0.29, 0.717) is 19.8 Å². The van der Waals surface area contributed by atoms with Crippen LogP contribution in [0.1, 0.15) is 11.7 Å². The molecule has 108 valence electrons. The van der Waals surface area contributed by atoms with E-state index in [1.165, 1.54) is 0 Å². The zero-order chi connectivity index (χ0) is 13.8. The van der Waals surface area contributed by atoms with Crippen LogP contribution in [0.25, 0.3) is 0 Å². The Morgan fingerprint density at radius 2 is 2.37 bits per heavy atom. The van der Waals surface area contributed by atoms with Crippen molar-refractivity contribution in [2.24, 2.45) is 5.73 Å². The van der Waals surface area contributed by atoms with E-state index in [1.807, 2.05) is 18.8 Å². The van der Waals surface area contributed by atoms with E-state index in [0.717, 1.165) is 23.3 Å². The van der Waals surface area contributed by atoms with Gasteiger partial charge in [-0.25, -0.2) is 0 Å². The van der Waals surface area contributed by atoms with Crippen LogP contribution in [0, 0.1) is 0 Å². The normalized spacial score (nSPS) is 21.8. The lowest BCUT2D eigenvalue weighted by Gasteiger charge is -2.28. The van der Waals surface area contributed by atoms with Crippen molar-refractivity contribution in [1.82, 2.24) is 14.7 Å². The van der Waals surface area contributed by atoms with Gasteiger partial charge in [-0.15, -0.1) is 0 Å². The van der Waals surface area contributed by atoms with E-state index >= 15 is 0 Å². The van der Waals surface area contributed by atoms with Crippen molar-refractivity contribution in [3.8, 4) is 0 Å². The third-order valence-electron chi connectivity index (χ3n) is 3.15. The molecule has 0 amide bonds. The Hall–Kier alpha value is -0.470. The number of rotatable bonds is 5. The summed E-state index contributed by atoms with van der Waals surface area (Å²) < 4.78 is 14.0. The molecule has 1 aliphatic rings. The van der Waals surface area contributed by atoms with Gasteiger partial charge in [0.1, 0.15) is 6.10 Å². The Balaban J connectivity index is 2.10. The number of hydrogen-bond acceptors (Lipinski definition) is 5. The maximum absolute atomic E-state index is 6.31. The highest BCUT2D eigenvalue weighted by atomic mass is 79.9. The number of nitrogens with zero attached hydrogens (tertiary/aromatic N) is 3. The Bertz CT molecular complexity index is 404. The summed E-state index contributed by atoms with van der Waals surface area (Å²) in [5.41, 5.74) is 7.28. The molecule has 0 aromatic carbocycles. The second kappa shape index (κ2) is 6.81. The van der Waals surface area contributed by atoms with Gasteiger partial charge < -0.3 is 20.1 Å². The predicted octanol–water partition coefficient (Wildman–Crippen LogP) is 0.622. The molecule has 0 radical (unpaired) electrons. The summed E-state index contributed by atoms with van der Waals surface area (Å²) in [5.74, 6) is 0. The highest BCUT2D eigenvalue weighted by Crippen LogP contribution is 2.26. The molecule has 2 rings (SSSR count). The highest BCUT2D eigenvalue weighted by Gasteiger charge is 2.28. The molecule has 1 fully saturated rings. The molecule has 0 aliphatic carbocycles. The van der Waals surface area contributed by atoms with Crippen LogP contribution < -0.4 is 5.73 Å². The maximum Gasteiger partial charge on any atom is 0.102 e.